The summed E-state index contributed by atoms with van der Waals surface area (Å²) in [4.78, 5) is 6.34. The van der Waals surface area contributed by atoms with Gasteiger partial charge in [-0.25, -0.2) is 4.39 Å². The van der Waals surface area contributed by atoms with E-state index in [1.807, 2.05) is 30.1 Å². The molecule has 0 spiro atoms. The minimum absolute atomic E-state index is 0.232. The molecule has 0 amide bonds. The molecule has 130 valence electrons. The molecule has 0 N–H and O–H groups in total. The standard InChI is InChI=1S/C18H17ClFN3O2/c1-23(10-12-3-8-16(24-2)15(20)9-12)11-17-21-18(22-25-17)13-4-6-14(19)7-5-13/h3-9H,10-11H2,1-2H3. The van der Waals surface area contributed by atoms with Crippen molar-refractivity contribution in [3.63, 3.8) is 0 Å². The van der Waals surface area contributed by atoms with Gasteiger partial charge in [0, 0.05) is 17.1 Å². The van der Waals surface area contributed by atoms with Gasteiger partial charge >= 0.3 is 0 Å². The van der Waals surface area contributed by atoms with Crippen LogP contribution in [0, 0.1) is 5.82 Å². The fourth-order valence-corrected chi connectivity index (χ4v) is 2.57. The average Bonchev–Trinajstić information content (AvgIpc) is 3.04. The Hall–Kier alpha value is -2.44. The highest BCUT2D eigenvalue weighted by molar-refractivity contribution is 6.30. The van der Waals surface area contributed by atoms with Crippen LogP contribution < -0.4 is 4.74 Å². The lowest BCUT2D eigenvalue weighted by molar-refractivity contribution is 0.260. The number of methoxy groups -OCH3 is 1. The Morgan fingerprint density at radius 1 is 1.16 bits per heavy atom. The smallest absolute Gasteiger partial charge is 0.241 e. The van der Waals surface area contributed by atoms with Gasteiger partial charge in [-0.2, -0.15) is 4.98 Å². The van der Waals surface area contributed by atoms with E-state index < -0.39 is 0 Å². The van der Waals surface area contributed by atoms with Gasteiger partial charge in [0.2, 0.25) is 11.7 Å². The van der Waals surface area contributed by atoms with Crippen molar-refractivity contribution >= 4 is 11.6 Å². The normalized spacial score (nSPS) is 11.1. The topological polar surface area (TPSA) is 51.4 Å². The zero-order valence-electron chi connectivity index (χ0n) is 13.9. The van der Waals surface area contributed by atoms with Crippen LogP contribution in [0.5, 0.6) is 5.75 Å². The third-order valence-corrected chi connectivity index (χ3v) is 3.90. The van der Waals surface area contributed by atoms with Crippen molar-refractivity contribution in [3.05, 3.63) is 64.8 Å². The predicted octanol–water partition coefficient (Wildman–Crippen LogP) is 4.17. The second kappa shape index (κ2) is 7.63. The fraction of sp³-hybridized carbons (Fsp3) is 0.222. The summed E-state index contributed by atoms with van der Waals surface area (Å²) in [5.74, 6) is 0.851. The molecule has 0 saturated carbocycles. The highest BCUT2D eigenvalue weighted by atomic mass is 35.5. The van der Waals surface area contributed by atoms with Crippen LogP contribution in [0.2, 0.25) is 5.02 Å². The maximum absolute atomic E-state index is 13.8. The molecule has 0 saturated heterocycles. The van der Waals surface area contributed by atoms with Crippen molar-refractivity contribution in [3.8, 4) is 17.1 Å². The van der Waals surface area contributed by atoms with E-state index >= 15 is 0 Å². The molecule has 0 fully saturated rings. The molecule has 5 nitrogen and oxygen atoms in total. The van der Waals surface area contributed by atoms with Crippen LogP contribution in [0.25, 0.3) is 11.4 Å². The lowest BCUT2D eigenvalue weighted by Gasteiger charge is -2.14. The Morgan fingerprint density at radius 3 is 2.60 bits per heavy atom. The van der Waals surface area contributed by atoms with Crippen LogP contribution in [0.1, 0.15) is 11.5 Å². The summed E-state index contributed by atoms with van der Waals surface area (Å²) >= 11 is 5.87. The highest BCUT2D eigenvalue weighted by Gasteiger charge is 2.12. The Bertz CT molecular complexity index is 852. The van der Waals surface area contributed by atoms with E-state index in [1.165, 1.54) is 13.2 Å². The maximum Gasteiger partial charge on any atom is 0.241 e. The molecule has 25 heavy (non-hydrogen) atoms. The third-order valence-electron chi connectivity index (χ3n) is 3.64. The first-order valence-corrected chi connectivity index (χ1v) is 8.02. The van der Waals surface area contributed by atoms with Crippen molar-refractivity contribution in [2.75, 3.05) is 14.2 Å². The Kier molecular flexibility index (Phi) is 5.31. The molecule has 0 bridgehead atoms. The molecule has 0 radical (unpaired) electrons. The second-order valence-electron chi connectivity index (χ2n) is 5.66. The lowest BCUT2D eigenvalue weighted by Crippen LogP contribution is -2.17. The largest absolute Gasteiger partial charge is 0.494 e. The van der Waals surface area contributed by atoms with E-state index in [0.29, 0.717) is 29.8 Å². The van der Waals surface area contributed by atoms with E-state index in [0.717, 1.165) is 11.1 Å². The molecule has 0 aliphatic heterocycles. The van der Waals surface area contributed by atoms with Gasteiger partial charge in [0.05, 0.1) is 13.7 Å². The van der Waals surface area contributed by atoms with Crippen LogP contribution in [0.4, 0.5) is 4.39 Å². The van der Waals surface area contributed by atoms with Gasteiger partial charge in [-0.3, -0.25) is 4.90 Å². The summed E-state index contributed by atoms with van der Waals surface area (Å²) < 4.78 is 24.0. The highest BCUT2D eigenvalue weighted by Crippen LogP contribution is 2.20. The van der Waals surface area contributed by atoms with E-state index in [2.05, 4.69) is 10.1 Å². The second-order valence-corrected chi connectivity index (χ2v) is 6.10. The Balaban J connectivity index is 1.64. The van der Waals surface area contributed by atoms with Gasteiger partial charge in [0.15, 0.2) is 11.6 Å². The number of aromatic nitrogens is 2. The summed E-state index contributed by atoms with van der Waals surface area (Å²) in [6.07, 6.45) is 0. The average molecular weight is 362 g/mol. The SMILES string of the molecule is COc1ccc(CN(C)Cc2nc(-c3ccc(Cl)cc3)no2)cc1F. The molecular formula is C18H17ClFN3O2. The van der Waals surface area contributed by atoms with Crippen LogP contribution in [-0.4, -0.2) is 29.2 Å². The van der Waals surface area contributed by atoms with E-state index in [9.17, 15) is 4.39 Å². The van der Waals surface area contributed by atoms with Crippen molar-refractivity contribution < 1.29 is 13.7 Å². The molecule has 3 rings (SSSR count). The van der Waals surface area contributed by atoms with E-state index in [-0.39, 0.29) is 11.6 Å². The molecule has 0 aliphatic carbocycles. The van der Waals surface area contributed by atoms with Crippen molar-refractivity contribution in [2.24, 2.45) is 0 Å². The van der Waals surface area contributed by atoms with E-state index in [1.54, 1.807) is 18.2 Å². The summed E-state index contributed by atoms with van der Waals surface area (Å²) in [6.45, 7) is 0.994. The van der Waals surface area contributed by atoms with Crippen molar-refractivity contribution in [2.45, 2.75) is 13.1 Å². The Morgan fingerprint density at radius 2 is 1.92 bits per heavy atom. The number of rotatable bonds is 6. The zero-order chi connectivity index (χ0) is 17.8. The van der Waals surface area contributed by atoms with Gasteiger partial charge in [-0.15, -0.1) is 0 Å². The van der Waals surface area contributed by atoms with Gasteiger partial charge < -0.3 is 9.26 Å². The van der Waals surface area contributed by atoms with Crippen molar-refractivity contribution in [1.82, 2.24) is 15.0 Å². The summed E-state index contributed by atoms with van der Waals surface area (Å²) in [5.41, 5.74) is 1.66. The van der Waals surface area contributed by atoms with Crippen LogP contribution in [0.3, 0.4) is 0 Å². The number of hydrogen-bond acceptors (Lipinski definition) is 5. The van der Waals surface area contributed by atoms with Gasteiger partial charge in [0.25, 0.3) is 0 Å². The number of ether oxygens (including phenoxy) is 1. The number of nitrogens with zero attached hydrogens (tertiary/aromatic N) is 3. The molecule has 3 aromatic rings. The quantitative estimate of drug-likeness (QED) is 0.659. The molecule has 0 unspecified atom stereocenters. The minimum atomic E-state index is -0.379. The van der Waals surface area contributed by atoms with Gasteiger partial charge in [-0.1, -0.05) is 22.8 Å². The molecule has 2 aromatic carbocycles. The summed E-state index contributed by atoms with van der Waals surface area (Å²) in [7, 11) is 3.34. The summed E-state index contributed by atoms with van der Waals surface area (Å²) in [5, 5.41) is 4.63. The van der Waals surface area contributed by atoms with Crippen LogP contribution >= 0.6 is 11.6 Å². The minimum Gasteiger partial charge on any atom is -0.494 e. The molecule has 0 atom stereocenters. The first-order chi connectivity index (χ1) is 12.0. The maximum atomic E-state index is 13.8. The third kappa shape index (κ3) is 4.35. The van der Waals surface area contributed by atoms with E-state index in [4.69, 9.17) is 20.9 Å². The van der Waals surface area contributed by atoms with Gasteiger partial charge in [-0.05, 0) is 49.0 Å². The lowest BCUT2D eigenvalue weighted by atomic mass is 10.2. The van der Waals surface area contributed by atoms with Gasteiger partial charge in [0.1, 0.15) is 0 Å². The molecule has 7 heteroatoms. The van der Waals surface area contributed by atoms with Crippen LogP contribution in [0.15, 0.2) is 47.0 Å². The molecule has 1 heterocycles. The molecule has 1 aromatic heterocycles. The first-order valence-electron chi connectivity index (χ1n) is 7.64. The first kappa shape index (κ1) is 17.4. The Labute approximate surface area is 150 Å². The molecule has 0 aliphatic rings. The number of benzene rings is 2. The monoisotopic (exact) mass is 361 g/mol. The van der Waals surface area contributed by atoms with Crippen LogP contribution in [-0.2, 0) is 13.1 Å². The molecular weight excluding hydrogens is 345 g/mol. The fourth-order valence-electron chi connectivity index (χ4n) is 2.44. The number of halogens is 2. The number of hydrogen-bond donors (Lipinski definition) is 0. The van der Waals surface area contributed by atoms with Crippen molar-refractivity contribution in [1.29, 1.82) is 0 Å². The zero-order valence-corrected chi connectivity index (χ0v) is 14.6. The predicted molar refractivity (Wildman–Crippen MR) is 92.9 cm³/mol. The summed E-state index contributed by atoms with van der Waals surface area (Å²) in [6, 6.07) is 12.1.